The van der Waals surface area contributed by atoms with Crippen LogP contribution in [0.2, 0.25) is 0 Å². The Morgan fingerprint density at radius 1 is 1.37 bits per heavy atom. The zero-order chi connectivity index (χ0) is 13.8. The molecule has 0 aliphatic carbocycles. The van der Waals surface area contributed by atoms with E-state index in [-0.39, 0.29) is 5.75 Å². The van der Waals surface area contributed by atoms with E-state index < -0.39 is 17.4 Å². The first-order valence-corrected chi connectivity index (χ1v) is 6.87. The standard InChI is InChI=1S/C11H11F2N3O2S/c1-19(17)11-15-14-7-16(11)6-8-2-4-9(5-3-8)18-10(12)13/h2-5,7,10H,6H2,1H3/t19-/m0/s1. The van der Waals surface area contributed by atoms with E-state index in [1.54, 1.807) is 16.7 Å². The van der Waals surface area contributed by atoms with E-state index in [1.165, 1.54) is 24.7 Å². The van der Waals surface area contributed by atoms with Crippen molar-refractivity contribution < 1.29 is 17.7 Å². The Morgan fingerprint density at radius 2 is 2.05 bits per heavy atom. The first-order valence-electron chi connectivity index (χ1n) is 5.31. The average molecular weight is 287 g/mol. The molecule has 0 bridgehead atoms. The zero-order valence-electron chi connectivity index (χ0n) is 9.99. The van der Waals surface area contributed by atoms with Crippen molar-refractivity contribution in [2.75, 3.05) is 6.26 Å². The molecule has 2 rings (SSSR count). The highest BCUT2D eigenvalue weighted by Gasteiger charge is 2.09. The molecule has 2 aromatic rings. The summed E-state index contributed by atoms with van der Waals surface area (Å²) in [5.74, 6) is 0.0989. The van der Waals surface area contributed by atoms with E-state index in [1.807, 2.05) is 0 Å². The molecule has 19 heavy (non-hydrogen) atoms. The molecule has 102 valence electrons. The molecule has 0 unspecified atom stereocenters. The van der Waals surface area contributed by atoms with Crippen LogP contribution < -0.4 is 4.74 Å². The van der Waals surface area contributed by atoms with Gasteiger partial charge in [-0.3, -0.25) is 4.21 Å². The van der Waals surface area contributed by atoms with E-state index in [4.69, 9.17) is 0 Å². The molecule has 0 saturated carbocycles. The van der Waals surface area contributed by atoms with Gasteiger partial charge in [-0.1, -0.05) is 12.1 Å². The third-order valence-corrected chi connectivity index (χ3v) is 3.17. The van der Waals surface area contributed by atoms with Crippen molar-refractivity contribution in [1.82, 2.24) is 14.8 Å². The predicted molar refractivity (Wildman–Crippen MR) is 64.5 cm³/mol. The Hall–Kier alpha value is -1.83. The Morgan fingerprint density at radius 3 is 2.63 bits per heavy atom. The lowest BCUT2D eigenvalue weighted by Gasteiger charge is -2.07. The molecule has 1 aromatic carbocycles. The number of hydrogen-bond acceptors (Lipinski definition) is 4. The summed E-state index contributed by atoms with van der Waals surface area (Å²) in [6, 6.07) is 6.21. The minimum absolute atomic E-state index is 0.0989. The molecule has 1 heterocycles. The quantitative estimate of drug-likeness (QED) is 0.839. The number of rotatable bonds is 5. The van der Waals surface area contributed by atoms with Crippen LogP contribution in [0.1, 0.15) is 5.56 Å². The third kappa shape index (κ3) is 3.57. The summed E-state index contributed by atoms with van der Waals surface area (Å²) < 4.78 is 41.3. The van der Waals surface area contributed by atoms with Gasteiger partial charge in [-0.25, -0.2) is 0 Å². The van der Waals surface area contributed by atoms with E-state index in [0.29, 0.717) is 11.7 Å². The first-order chi connectivity index (χ1) is 9.06. The maximum Gasteiger partial charge on any atom is 0.387 e. The summed E-state index contributed by atoms with van der Waals surface area (Å²) in [4.78, 5) is 0. The lowest BCUT2D eigenvalue weighted by molar-refractivity contribution is -0.0498. The zero-order valence-corrected chi connectivity index (χ0v) is 10.8. The average Bonchev–Trinajstić information content (AvgIpc) is 2.79. The second-order valence-electron chi connectivity index (χ2n) is 3.72. The summed E-state index contributed by atoms with van der Waals surface area (Å²) >= 11 is 0. The molecule has 0 aliphatic rings. The molecule has 0 saturated heterocycles. The van der Waals surface area contributed by atoms with Crippen molar-refractivity contribution in [3.63, 3.8) is 0 Å². The van der Waals surface area contributed by atoms with Crippen LogP contribution >= 0.6 is 0 Å². The molecule has 5 nitrogen and oxygen atoms in total. The summed E-state index contributed by atoms with van der Waals surface area (Å²) in [7, 11) is -1.23. The van der Waals surface area contributed by atoms with Crippen LogP contribution in [0.25, 0.3) is 0 Å². The lowest BCUT2D eigenvalue weighted by Crippen LogP contribution is -2.06. The molecule has 0 amide bonds. The fraction of sp³-hybridized carbons (Fsp3) is 0.273. The van der Waals surface area contributed by atoms with Crippen molar-refractivity contribution in [3.8, 4) is 5.75 Å². The molecular formula is C11H11F2N3O2S. The molecule has 1 aromatic heterocycles. The van der Waals surface area contributed by atoms with Gasteiger partial charge in [0.15, 0.2) is 0 Å². The minimum Gasteiger partial charge on any atom is -0.435 e. The molecule has 0 aliphatic heterocycles. The van der Waals surface area contributed by atoms with Crippen LogP contribution in [0.4, 0.5) is 8.78 Å². The largest absolute Gasteiger partial charge is 0.435 e. The van der Waals surface area contributed by atoms with Crippen molar-refractivity contribution in [1.29, 1.82) is 0 Å². The number of hydrogen-bond donors (Lipinski definition) is 0. The molecule has 0 spiro atoms. The SMILES string of the molecule is C[S@](=O)c1nncn1Cc1ccc(OC(F)F)cc1. The Labute approximate surface area is 110 Å². The maximum atomic E-state index is 12.0. The predicted octanol–water partition coefficient (Wildman–Crippen LogP) is 1.67. The van der Waals surface area contributed by atoms with E-state index in [9.17, 15) is 13.0 Å². The molecule has 8 heteroatoms. The number of benzene rings is 1. The van der Waals surface area contributed by atoms with E-state index >= 15 is 0 Å². The van der Waals surface area contributed by atoms with E-state index in [2.05, 4.69) is 14.9 Å². The maximum absolute atomic E-state index is 12.0. The van der Waals surface area contributed by atoms with Crippen LogP contribution in [0, 0.1) is 0 Å². The van der Waals surface area contributed by atoms with Crippen LogP contribution in [0.5, 0.6) is 5.75 Å². The molecule has 0 radical (unpaired) electrons. The Bertz CT molecular complexity index is 572. The van der Waals surface area contributed by atoms with Crippen molar-refractivity contribution in [2.45, 2.75) is 18.3 Å². The third-order valence-electron chi connectivity index (χ3n) is 2.34. The minimum atomic E-state index is -2.84. The monoisotopic (exact) mass is 287 g/mol. The van der Waals surface area contributed by atoms with Gasteiger partial charge in [-0.15, -0.1) is 10.2 Å². The summed E-state index contributed by atoms with van der Waals surface area (Å²) in [6.45, 7) is -2.42. The van der Waals surface area contributed by atoms with Gasteiger partial charge in [0.05, 0.1) is 17.3 Å². The topological polar surface area (TPSA) is 57.0 Å². The number of alkyl halides is 2. The van der Waals surface area contributed by atoms with Crippen molar-refractivity contribution in [3.05, 3.63) is 36.2 Å². The highest BCUT2D eigenvalue weighted by Crippen LogP contribution is 2.16. The molecular weight excluding hydrogens is 276 g/mol. The summed E-state index contributed by atoms with van der Waals surface area (Å²) in [5, 5.41) is 7.82. The summed E-state index contributed by atoms with van der Waals surface area (Å²) in [6.07, 6.45) is 2.99. The normalized spacial score (nSPS) is 12.6. The van der Waals surface area contributed by atoms with Gasteiger partial charge in [0, 0.05) is 6.26 Å². The van der Waals surface area contributed by atoms with Gasteiger partial charge < -0.3 is 9.30 Å². The van der Waals surface area contributed by atoms with Crippen LogP contribution in [-0.2, 0) is 17.3 Å². The van der Waals surface area contributed by atoms with Gasteiger partial charge >= 0.3 is 6.61 Å². The van der Waals surface area contributed by atoms with Crippen LogP contribution in [0.3, 0.4) is 0 Å². The van der Waals surface area contributed by atoms with Gasteiger partial charge in [0.1, 0.15) is 12.1 Å². The highest BCUT2D eigenvalue weighted by atomic mass is 32.2. The summed E-state index contributed by atoms with van der Waals surface area (Å²) in [5.41, 5.74) is 0.841. The first kappa shape index (κ1) is 13.6. The number of nitrogens with zero attached hydrogens (tertiary/aromatic N) is 3. The second kappa shape index (κ2) is 5.87. The van der Waals surface area contributed by atoms with E-state index in [0.717, 1.165) is 5.56 Å². The smallest absolute Gasteiger partial charge is 0.387 e. The number of ether oxygens (including phenoxy) is 1. The number of aromatic nitrogens is 3. The van der Waals surface area contributed by atoms with Crippen molar-refractivity contribution >= 4 is 10.8 Å². The van der Waals surface area contributed by atoms with Gasteiger partial charge in [0.25, 0.3) is 0 Å². The fourth-order valence-electron chi connectivity index (χ4n) is 1.55. The lowest BCUT2D eigenvalue weighted by atomic mass is 10.2. The molecule has 0 fully saturated rings. The Balaban J connectivity index is 2.11. The van der Waals surface area contributed by atoms with Gasteiger partial charge in [0.2, 0.25) is 5.16 Å². The number of halogens is 2. The second-order valence-corrected chi connectivity index (χ2v) is 4.99. The van der Waals surface area contributed by atoms with Gasteiger partial charge in [-0.2, -0.15) is 8.78 Å². The van der Waals surface area contributed by atoms with Crippen molar-refractivity contribution in [2.24, 2.45) is 0 Å². The van der Waals surface area contributed by atoms with Crippen LogP contribution in [-0.4, -0.2) is 31.8 Å². The van der Waals surface area contributed by atoms with Crippen LogP contribution in [0.15, 0.2) is 35.7 Å². The fourth-order valence-corrected chi connectivity index (χ4v) is 2.15. The van der Waals surface area contributed by atoms with Gasteiger partial charge in [-0.05, 0) is 17.7 Å². The highest BCUT2D eigenvalue weighted by molar-refractivity contribution is 7.84. The Kier molecular flexibility index (Phi) is 4.20. The molecule has 1 atom stereocenters. The molecule has 0 N–H and O–H groups in total.